The molecule has 1 saturated heterocycles. The third-order valence-electron chi connectivity index (χ3n) is 4.13. The molecule has 0 aromatic rings. The summed E-state index contributed by atoms with van der Waals surface area (Å²) in [6.07, 6.45) is 4.34. The lowest BCUT2D eigenvalue weighted by Gasteiger charge is -2.42. The van der Waals surface area contributed by atoms with Crippen LogP contribution in [0.3, 0.4) is 0 Å². The first-order chi connectivity index (χ1) is 8.50. The van der Waals surface area contributed by atoms with Gasteiger partial charge in [0.2, 0.25) is 0 Å². The minimum Gasteiger partial charge on any atom is -0.376 e. The molecule has 1 aliphatic heterocycles. The van der Waals surface area contributed by atoms with Gasteiger partial charge in [-0.15, -0.1) is 0 Å². The summed E-state index contributed by atoms with van der Waals surface area (Å²) in [7, 11) is 0. The van der Waals surface area contributed by atoms with Crippen molar-refractivity contribution in [3.05, 3.63) is 0 Å². The Balaban J connectivity index is 1.83. The van der Waals surface area contributed by atoms with E-state index in [-0.39, 0.29) is 0 Å². The van der Waals surface area contributed by atoms with Crippen molar-refractivity contribution in [2.45, 2.75) is 65.1 Å². The molecule has 2 atom stereocenters. The fraction of sp³-hybridized carbons (Fsp3) is 1.00. The molecule has 2 rings (SSSR count). The number of nitrogens with zero attached hydrogens (tertiary/aromatic N) is 1. The molecule has 1 saturated carbocycles. The van der Waals surface area contributed by atoms with Crippen molar-refractivity contribution in [2.75, 3.05) is 26.2 Å². The fourth-order valence-electron chi connectivity index (χ4n) is 2.80. The topological polar surface area (TPSA) is 24.5 Å². The molecule has 1 aliphatic carbocycles. The van der Waals surface area contributed by atoms with Gasteiger partial charge in [0.05, 0.1) is 12.7 Å². The van der Waals surface area contributed by atoms with Crippen molar-refractivity contribution in [3.63, 3.8) is 0 Å². The zero-order valence-electron chi connectivity index (χ0n) is 12.5. The van der Waals surface area contributed by atoms with Crippen LogP contribution in [-0.2, 0) is 4.74 Å². The van der Waals surface area contributed by atoms with Crippen molar-refractivity contribution >= 4 is 0 Å². The Morgan fingerprint density at radius 3 is 2.67 bits per heavy atom. The van der Waals surface area contributed by atoms with Gasteiger partial charge in [0.15, 0.2) is 0 Å². The number of ether oxygens (including phenoxy) is 1. The molecule has 1 N–H and O–H groups in total. The van der Waals surface area contributed by atoms with E-state index in [1.54, 1.807) is 0 Å². The third-order valence-corrected chi connectivity index (χ3v) is 4.13. The highest BCUT2D eigenvalue weighted by Gasteiger charge is 2.31. The SMILES string of the molecule is CCC1COC(C)CN1CC(C)(C)CNC1CC1. The maximum Gasteiger partial charge on any atom is 0.0674 e. The highest BCUT2D eigenvalue weighted by molar-refractivity contribution is 4.87. The second kappa shape index (κ2) is 5.89. The van der Waals surface area contributed by atoms with Crippen LogP contribution in [0, 0.1) is 5.41 Å². The summed E-state index contributed by atoms with van der Waals surface area (Å²) in [5, 5.41) is 3.67. The van der Waals surface area contributed by atoms with Crippen LogP contribution in [-0.4, -0.2) is 49.3 Å². The molecule has 0 amide bonds. The summed E-state index contributed by atoms with van der Waals surface area (Å²) in [5.74, 6) is 0. The van der Waals surface area contributed by atoms with Crippen LogP contribution in [0.25, 0.3) is 0 Å². The van der Waals surface area contributed by atoms with E-state index in [9.17, 15) is 0 Å². The predicted molar refractivity (Wildman–Crippen MR) is 75.9 cm³/mol. The van der Waals surface area contributed by atoms with Gasteiger partial charge in [-0.05, 0) is 31.6 Å². The Labute approximate surface area is 112 Å². The molecule has 0 bridgehead atoms. The van der Waals surface area contributed by atoms with Crippen molar-refractivity contribution in [2.24, 2.45) is 5.41 Å². The monoisotopic (exact) mass is 254 g/mol. The number of hydrogen-bond donors (Lipinski definition) is 1. The van der Waals surface area contributed by atoms with Crippen LogP contribution >= 0.6 is 0 Å². The van der Waals surface area contributed by atoms with Gasteiger partial charge < -0.3 is 10.1 Å². The molecule has 18 heavy (non-hydrogen) atoms. The summed E-state index contributed by atoms with van der Waals surface area (Å²) in [6, 6.07) is 1.43. The average molecular weight is 254 g/mol. The van der Waals surface area contributed by atoms with E-state index in [0.29, 0.717) is 17.6 Å². The molecule has 0 radical (unpaired) electrons. The molecule has 0 aromatic carbocycles. The molecule has 1 heterocycles. The molecular formula is C15H30N2O. The lowest BCUT2D eigenvalue weighted by molar-refractivity contribution is -0.0663. The summed E-state index contributed by atoms with van der Waals surface area (Å²) < 4.78 is 5.78. The zero-order valence-corrected chi connectivity index (χ0v) is 12.5. The number of nitrogens with one attached hydrogen (secondary N) is 1. The Morgan fingerprint density at radius 1 is 1.33 bits per heavy atom. The number of morpholine rings is 1. The van der Waals surface area contributed by atoms with E-state index in [0.717, 1.165) is 25.7 Å². The quantitative estimate of drug-likeness (QED) is 0.787. The Kier molecular flexibility index (Phi) is 4.68. The van der Waals surface area contributed by atoms with Gasteiger partial charge in [-0.2, -0.15) is 0 Å². The summed E-state index contributed by atoms with van der Waals surface area (Å²) >= 11 is 0. The minimum absolute atomic E-state index is 0.354. The highest BCUT2D eigenvalue weighted by Crippen LogP contribution is 2.25. The smallest absolute Gasteiger partial charge is 0.0674 e. The molecule has 3 nitrogen and oxygen atoms in total. The minimum atomic E-state index is 0.354. The second-order valence-corrected chi connectivity index (χ2v) is 6.95. The lowest BCUT2D eigenvalue weighted by atomic mass is 9.91. The third kappa shape index (κ3) is 4.22. The zero-order chi connectivity index (χ0) is 13.2. The van der Waals surface area contributed by atoms with Gasteiger partial charge in [0.1, 0.15) is 0 Å². The van der Waals surface area contributed by atoms with Crippen LogP contribution in [0.2, 0.25) is 0 Å². The normalized spacial score (nSPS) is 30.7. The molecule has 2 unspecified atom stereocenters. The number of rotatable bonds is 6. The van der Waals surface area contributed by atoms with Gasteiger partial charge in [-0.1, -0.05) is 20.8 Å². The Bertz CT molecular complexity index is 263. The van der Waals surface area contributed by atoms with Gasteiger partial charge >= 0.3 is 0 Å². The van der Waals surface area contributed by atoms with Gasteiger partial charge in [-0.25, -0.2) is 0 Å². The molecule has 2 fully saturated rings. The molecule has 2 aliphatic rings. The maximum absolute atomic E-state index is 5.78. The predicted octanol–water partition coefficient (Wildman–Crippen LogP) is 2.26. The van der Waals surface area contributed by atoms with E-state index < -0.39 is 0 Å². The van der Waals surface area contributed by atoms with Crippen LogP contribution in [0.15, 0.2) is 0 Å². The molecule has 3 heteroatoms. The van der Waals surface area contributed by atoms with Gasteiger partial charge in [0.25, 0.3) is 0 Å². The van der Waals surface area contributed by atoms with Crippen molar-refractivity contribution in [1.82, 2.24) is 10.2 Å². The van der Waals surface area contributed by atoms with Crippen LogP contribution < -0.4 is 5.32 Å². The Morgan fingerprint density at radius 2 is 2.06 bits per heavy atom. The first-order valence-electron chi connectivity index (χ1n) is 7.59. The van der Waals surface area contributed by atoms with Crippen LogP contribution in [0.5, 0.6) is 0 Å². The standard InChI is InChI=1S/C15H30N2O/c1-5-14-9-18-12(2)8-17(14)11-15(3,4)10-16-13-6-7-13/h12-14,16H,5-11H2,1-4H3. The molecule has 0 spiro atoms. The summed E-state index contributed by atoms with van der Waals surface area (Å²) in [6.45, 7) is 13.5. The molecule has 0 aromatic heterocycles. The van der Waals surface area contributed by atoms with E-state index >= 15 is 0 Å². The first-order valence-corrected chi connectivity index (χ1v) is 7.59. The fourth-order valence-corrected chi connectivity index (χ4v) is 2.80. The van der Waals surface area contributed by atoms with Crippen molar-refractivity contribution in [1.29, 1.82) is 0 Å². The van der Waals surface area contributed by atoms with E-state index in [4.69, 9.17) is 4.74 Å². The average Bonchev–Trinajstić information content (AvgIpc) is 3.10. The molecule has 106 valence electrons. The van der Waals surface area contributed by atoms with Crippen LogP contribution in [0.4, 0.5) is 0 Å². The van der Waals surface area contributed by atoms with Gasteiger partial charge in [0, 0.05) is 31.7 Å². The Hall–Kier alpha value is -0.120. The summed E-state index contributed by atoms with van der Waals surface area (Å²) in [5.41, 5.74) is 0.354. The summed E-state index contributed by atoms with van der Waals surface area (Å²) in [4.78, 5) is 2.64. The maximum atomic E-state index is 5.78. The van der Waals surface area contributed by atoms with Crippen molar-refractivity contribution in [3.8, 4) is 0 Å². The largest absolute Gasteiger partial charge is 0.376 e. The molecular weight excluding hydrogens is 224 g/mol. The van der Waals surface area contributed by atoms with Crippen molar-refractivity contribution < 1.29 is 4.74 Å². The lowest BCUT2D eigenvalue weighted by Crippen LogP contribution is -2.53. The highest BCUT2D eigenvalue weighted by atomic mass is 16.5. The van der Waals surface area contributed by atoms with E-state index in [1.165, 1.54) is 25.8 Å². The number of hydrogen-bond acceptors (Lipinski definition) is 3. The second-order valence-electron chi connectivity index (χ2n) is 6.95. The first kappa shape index (κ1) is 14.3. The van der Waals surface area contributed by atoms with E-state index in [1.807, 2.05) is 0 Å². The van der Waals surface area contributed by atoms with Crippen LogP contribution in [0.1, 0.15) is 47.0 Å². The van der Waals surface area contributed by atoms with E-state index in [2.05, 4.69) is 37.9 Å². The van der Waals surface area contributed by atoms with Gasteiger partial charge in [-0.3, -0.25) is 4.90 Å².